The van der Waals surface area contributed by atoms with E-state index in [4.69, 9.17) is 5.73 Å². The molecule has 3 N–H and O–H groups in total. The molecule has 0 bridgehead atoms. The van der Waals surface area contributed by atoms with Crippen molar-refractivity contribution in [1.29, 1.82) is 0 Å². The average Bonchev–Trinajstić information content (AvgIpc) is 3.01. The van der Waals surface area contributed by atoms with Gasteiger partial charge in [0.1, 0.15) is 5.56 Å². The van der Waals surface area contributed by atoms with Crippen molar-refractivity contribution in [3.8, 4) is 5.69 Å². The lowest BCUT2D eigenvalue weighted by Crippen LogP contribution is -2.32. The van der Waals surface area contributed by atoms with E-state index in [0.29, 0.717) is 10.4 Å². The monoisotopic (exact) mass is 370 g/mol. The number of halogens is 3. The number of aromatic nitrogens is 2. The van der Waals surface area contributed by atoms with Gasteiger partial charge in [0, 0.05) is 5.69 Å². The Labute approximate surface area is 146 Å². The van der Waals surface area contributed by atoms with Crippen LogP contribution in [0.25, 0.3) is 5.69 Å². The Balaban J connectivity index is 2.39. The second kappa shape index (κ2) is 7.56. The molecule has 0 radical (unpaired) electrons. The van der Waals surface area contributed by atoms with Gasteiger partial charge >= 0.3 is 12.1 Å². The van der Waals surface area contributed by atoms with Crippen LogP contribution in [0.3, 0.4) is 0 Å². The van der Waals surface area contributed by atoms with Gasteiger partial charge in [-0.25, -0.2) is 9.48 Å². The van der Waals surface area contributed by atoms with Crippen molar-refractivity contribution in [3.63, 3.8) is 0 Å². The van der Waals surface area contributed by atoms with Gasteiger partial charge in [0.15, 0.2) is 5.69 Å². The number of rotatable bonds is 5. The lowest BCUT2D eigenvalue weighted by atomic mass is 10.2. The van der Waals surface area contributed by atoms with Gasteiger partial charge in [-0.05, 0) is 38.1 Å². The Bertz CT molecular complexity index is 798. The van der Waals surface area contributed by atoms with Gasteiger partial charge in [0.05, 0.1) is 24.5 Å². The maximum absolute atomic E-state index is 13.4. The van der Waals surface area contributed by atoms with E-state index in [1.807, 2.05) is 0 Å². The molecule has 0 aliphatic rings. The fourth-order valence-corrected chi connectivity index (χ4v) is 2.12. The molecular weight excluding hydrogens is 353 g/mol. The molecule has 0 aliphatic heterocycles. The summed E-state index contributed by atoms with van der Waals surface area (Å²) in [6, 6.07) is 4.73. The van der Waals surface area contributed by atoms with E-state index in [1.165, 1.54) is 38.1 Å². The Morgan fingerprint density at radius 2 is 1.92 bits per heavy atom. The SMILES string of the molecule is CCOC(=O)c1cnn(-c2ccc(NC(=O)[C@H](C)N)cc2)c1C(F)(F)F. The van der Waals surface area contributed by atoms with Gasteiger partial charge in [0.25, 0.3) is 0 Å². The Hall–Kier alpha value is -2.88. The maximum Gasteiger partial charge on any atom is 0.434 e. The highest BCUT2D eigenvalue weighted by Crippen LogP contribution is 2.34. The number of carbonyl (C=O) groups is 2. The molecule has 1 amide bonds. The Morgan fingerprint density at radius 3 is 2.42 bits per heavy atom. The number of carbonyl (C=O) groups excluding carboxylic acids is 2. The van der Waals surface area contributed by atoms with Crippen LogP contribution in [0, 0.1) is 0 Å². The van der Waals surface area contributed by atoms with E-state index < -0.39 is 35.4 Å². The number of esters is 1. The highest BCUT2D eigenvalue weighted by Gasteiger charge is 2.41. The van der Waals surface area contributed by atoms with Gasteiger partial charge < -0.3 is 15.8 Å². The predicted molar refractivity (Wildman–Crippen MR) is 86.8 cm³/mol. The molecule has 0 fully saturated rings. The van der Waals surface area contributed by atoms with E-state index >= 15 is 0 Å². The van der Waals surface area contributed by atoms with E-state index in [-0.39, 0.29) is 12.3 Å². The minimum atomic E-state index is -4.82. The van der Waals surface area contributed by atoms with Gasteiger partial charge in [-0.3, -0.25) is 4.79 Å². The third-order valence-corrected chi connectivity index (χ3v) is 3.33. The topological polar surface area (TPSA) is 99.2 Å². The van der Waals surface area contributed by atoms with E-state index in [0.717, 1.165) is 6.20 Å². The molecule has 0 aliphatic carbocycles. The molecular formula is C16H17F3N4O3. The number of amides is 1. The summed E-state index contributed by atoms with van der Waals surface area (Å²) in [7, 11) is 0. The summed E-state index contributed by atoms with van der Waals surface area (Å²) in [5.41, 5.74) is 3.95. The minimum absolute atomic E-state index is 0.0602. The number of nitrogens with one attached hydrogen (secondary N) is 1. The molecule has 0 spiro atoms. The van der Waals surface area contributed by atoms with Crippen LogP contribution in [0.2, 0.25) is 0 Å². The molecule has 1 aromatic carbocycles. The van der Waals surface area contributed by atoms with Gasteiger partial charge in [0.2, 0.25) is 5.91 Å². The summed E-state index contributed by atoms with van der Waals surface area (Å²) in [6.45, 7) is 2.93. The minimum Gasteiger partial charge on any atom is -0.462 e. The van der Waals surface area contributed by atoms with E-state index in [1.54, 1.807) is 0 Å². The van der Waals surface area contributed by atoms with Crippen LogP contribution in [0.4, 0.5) is 18.9 Å². The third kappa shape index (κ3) is 4.20. The van der Waals surface area contributed by atoms with Crippen LogP contribution < -0.4 is 11.1 Å². The summed E-state index contributed by atoms with van der Waals surface area (Å²) >= 11 is 0. The quantitative estimate of drug-likeness (QED) is 0.787. The normalized spacial score (nSPS) is 12.5. The molecule has 1 atom stereocenters. The van der Waals surface area contributed by atoms with Crippen LogP contribution in [-0.4, -0.2) is 34.3 Å². The summed E-state index contributed by atoms with van der Waals surface area (Å²) in [5.74, 6) is -1.54. The first-order chi connectivity index (χ1) is 12.1. The molecule has 0 saturated carbocycles. The first-order valence-corrected chi connectivity index (χ1v) is 7.64. The number of anilines is 1. The van der Waals surface area contributed by atoms with Crippen molar-refractivity contribution < 1.29 is 27.5 Å². The second-order valence-electron chi connectivity index (χ2n) is 5.36. The van der Waals surface area contributed by atoms with E-state index in [2.05, 4.69) is 15.2 Å². The number of alkyl halides is 3. The average molecular weight is 370 g/mol. The standard InChI is InChI=1S/C16H17F3N4O3/c1-3-26-15(25)12-8-21-23(13(12)16(17,18)19)11-6-4-10(5-7-11)22-14(24)9(2)20/h4-9H,3,20H2,1-2H3,(H,22,24)/t9-/m0/s1. The fourth-order valence-electron chi connectivity index (χ4n) is 2.12. The van der Waals surface area contributed by atoms with Crippen molar-refractivity contribution >= 4 is 17.6 Å². The molecule has 7 nitrogen and oxygen atoms in total. The zero-order chi connectivity index (χ0) is 19.5. The summed E-state index contributed by atoms with van der Waals surface area (Å²) in [6.07, 6.45) is -4.01. The van der Waals surface area contributed by atoms with Crippen LogP contribution in [0.1, 0.15) is 29.9 Å². The zero-order valence-electron chi connectivity index (χ0n) is 14.0. The summed E-state index contributed by atoms with van der Waals surface area (Å²) in [5, 5.41) is 6.18. The maximum atomic E-state index is 13.4. The molecule has 0 unspecified atom stereocenters. The molecule has 1 heterocycles. The van der Waals surface area contributed by atoms with Gasteiger partial charge in [-0.15, -0.1) is 0 Å². The highest BCUT2D eigenvalue weighted by atomic mass is 19.4. The number of nitrogens with zero attached hydrogens (tertiary/aromatic N) is 2. The van der Waals surface area contributed by atoms with Crippen molar-refractivity contribution in [2.45, 2.75) is 26.1 Å². The first-order valence-electron chi connectivity index (χ1n) is 7.64. The second-order valence-corrected chi connectivity index (χ2v) is 5.36. The van der Waals surface area contributed by atoms with Crippen molar-refractivity contribution in [3.05, 3.63) is 41.7 Å². The molecule has 26 heavy (non-hydrogen) atoms. The molecule has 2 aromatic rings. The number of hydrogen-bond acceptors (Lipinski definition) is 5. The highest BCUT2D eigenvalue weighted by molar-refractivity contribution is 5.94. The van der Waals surface area contributed by atoms with Gasteiger partial charge in [-0.2, -0.15) is 18.3 Å². The third-order valence-electron chi connectivity index (χ3n) is 3.33. The summed E-state index contributed by atoms with van der Waals surface area (Å²) in [4.78, 5) is 23.3. The van der Waals surface area contributed by atoms with Crippen LogP contribution in [-0.2, 0) is 15.7 Å². The zero-order valence-corrected chi connectivity index (χ0v) is 14.0. The van der Waals surface area contributed by atoms with Crippen molar-refractivity contribution in [2.24, 2.45) is 5.73 Å². The Kier molecular flexibility index (Phi) is 5.66. The van der Waals surface area contributed by atoms with Crippen LogP contribution in [0.15, 0.2) is 30.5 Å². The Morgan fingerprint density at radius 1 is 1.31 bits per heavy atom. The fraction of sp³-hybridized carbons (Fsp3) is 0.312. The number of benzene rings is 1. The van der Waals surface area contributed by atoms with Crippen molar-refractivity contribution in [1.82, 2.24) is 9.78 Å². The van der Waals surface area contributed by atoms with Crippen LogP contribution in [0.5, 0.6) is 0 Å². The molecule has 1 aromatic heterocycles. The lowest BCUT2D eigenvalue weighted by Gasteiger charge is -2.13. The van der Waals surface area contributed by atoms with Crippen LogP contribution >= 0.6 is 0 Å². The molecule has 0 saturated heterocycles. The number of hydrogen-bond donors (Lipinski definition) is 2. The number of ether oxygens (including phenoxy) is 1. The van der Waals surface area contributed by atoms with E-state index in [9.17, 15) is 22.8 Å². The smallest absolute Gasteiger partial charge is 0.434 e. The number of nitrogens with two attached hydrogens (primary N) is 1. The lowest BCUT2D eigenvalue weighted by molar-refractivity contribution is -0.143. The first kappa shape index (κ1) is 19.4. The largest absolute Gasteiger partial charge is 0.462 e. The van der Waals surface area contributed by atoms with Crippen molar-refractivity contribution in [2.75, 3.05) is 11.9 Å². The molecule has 10 heteroatoms. The molecule has 2 rings (SSSR count). The molecule has 140 valence electrons. The summed E-state index contributed by atoms with van der Waals surface area (Å²) < 4.78 is 45.5. The predicted octanol–water partition coefficient (Wildman–Crippen LogP) is 2.35. The van der Waals surface area contributed by atoms with Gasteiger partial charge in [-0.1, -0.05) is 0 Å².